The van der Waals surface area contributed by atoms with Crippen molar-refractivity contribution in [1.82, 2.24) is 5.48 Å². The van der Waals surface area contributed by atoms with E-state index in [4.69, 9.17) is 9.94 Å². The third-order valence-electron chi connectivity index (χ3n) is 2.95. The van der Waals surface area contributed by atoms with Gasteiger partial charge in [-0.25, -0.2) is 0 Å². The minimum absolute atomic E-state index is 0.116. The monoisotopic (exact) mass is 248 g/mol. The SMILES string of the molecule is CCOC(=O)C1CC(c2ccccc2)N=C1NO. The van der Waals surface area contributed by atoms with E-state index < -0.39 is 5.92 Å². The molecule has 0 amide bonds. The average molecular weight is 248 g/mol. The summed E-state index contributed by atoms with van der Waals surface area (Å²) < 4.78 is 4.97. The molecule has 2 atom stereocenters. The zero-order chi connectivity index (χ0) is 13.0. The predicted molar refractivity (Wildman–Crippen MR) is 66.3 cm³/mol. The van der Waals surface area contributed by atoms with E-state index in [0.717, 1.165) is 5.56 Å². The van der Waals surface area contributed by atoms with Crippen LogP contribution in [0.25, 0.3) is 0 Å². The maximum atomic E-state index is 11.7. The molecule has 0 radical (unpaired) electrons. The predicted octanol–water partition coefficient (Wildman–Crippen LogP) is 1.69. The fourth-order valence-electron chi connectivity index (χ4n) is 2.09. The first-order chi connectivity index (χ1) is 8.76. The molecule has 0 bridgehead atoms. The highest BCUT2D eigenvalue weighted by Gasteiger charge is 2.35. The zero-order valence-corrected chi connectivity index (χ0v) is 10.2. The lowest BCUT2D eigenvalue weighted by Gasteiger charge is -2.11. The molecule has 2 rings (SSSR count). The van der Waals surface area contributed by atoms with Gasteiger partial charge in [0, 0.05) is 0 Å². The Morgan fingerprint density at radius 2 is 2.22 bits per heavy atom. The smallest absolute Gasteiger partial charge is 0.316 e. The Bertz CT molecular complexity index is 445. The standard InChI is InChI=1S/C13H16N2O3/c1-2-18-13(16)10-8-11(14-12(10)15-17)9-6-4-3-5-7-9/h3-7,10-11,17H,2,8H2,1H3,(H,14,15). The summed E-state index contributed by atoms with van der Waals surface area (Å²) in [5.41, 5.74) is 3.03. The van der Waals surface area contributed by atoms with Crippen molar-refractivity contribution in [2.45, 2.75) is 19.4 Å². The van der Waals surface area contributed by atoms with Crippen LogP contribution in [0.1, 0.15) is 24.9 Å². The molecule has 5 nitrogen and oxygen atoms in total. The average Bonchev–Trinajstić information content (AvgIpc) is 2.84. The van der Waals surface area contributed by atoms with Crippen molar-refractivity contribution in [2.24, 2.45) is 10.9 Å². The van der Waals surface area contributed by atoms with Crippen LogP contribution in [0.4, 0.5) is 0 Å². The highest BCUT2D eigenvalue weighted by atomic mass is 16.5. The molecule has 0 spiro atoms. The van der Waals surface area contributed by atoms with Gasteiger partial charge in [-0.15, -0.1) is 0 Å². The molecule has 0 aliphatic carbocycles. The van der Waals surface area contributed by atoms with Crippen molar-refractivity contribution < 1.29 is 14.7 Å². The Hall–Kier alpha value is -1.88. The summed E-state index contributed by atoms with van der Waals surface area (Å²) in [6.07, 6.45) is 0.520. The van der Waals surface area contributed by atoms with Crippen LogP contribution in [-0.2, 0) is 9.53 Å². The third kappa shape index (κ3) is 2.51. The van der Waals surface area contributed by atoms with Crippen LogP contribution >= 0.6 is 0 Å². The van der Waals surface area contributed by atoms with E-state index in [-0.39, 0.29) is 17.8 Å². The molecule has 2 N–H and O–H groups in total. The van der Waals surface area contributed by atoms with Crippen LogP contribution in [0, 0.1) is 5.92 Å². The number of hydrogen-bond donors (Lipinski definition) is 2. The van der Waals surface area contributed by atoms with E-state index in [1.165, 1.54) is 0 Å². The Balaban J connectivity index is 2.15. The molecule has 1 aromatic rings. The Kier molecular flexibility index (Phi) is 3.94. The van der Waals surface area contributed by atoms with Gasteiger partial charge in [-0.3, -0.25) is 20.5 Å². The van der Waals surface area contributed by atoms with Crippen LogP contribution in [0.2, 0.25) is 0 Å². The van der Waals surface area contributed by atoms with Crippen LogP contribution in [0.3, 0.4) is 0 Å². The number of carbonyl (C=O) groups is 1. The maximum absolute atomic E-state index is 11.7. The second kappa shape index (κ2) is 5.64. The fraction of sp³-hybridized carbons (Fsp3) is 0.385. The molecule has 1 heterocycles. The molecule has 1 aliphatic heterocycles. The first-order valence-electron chi connectivity index (χ1n) is 5.95. The minimum Gasteiger partial charge on any atom is -0.465 e. The van der Waals surface area contributed by atoms with E-state index in [1.54, 1.807) is 6.92 Å². The number of esters is 1. The van der Waals surface area contributed by atoms with Crippen LogP contribution in [-0.4, -0.2) is 23.6 Å². The lowest BCUT2D eigenvalue weighted by molar-refractivity contribution is -0.145. The molecule has 1 aliphatic rings. The molecule has 2 unspecified atom stereocenters. The van der Waals surface area contributed by atoms with Gasteiger partial charge in [0.25, 0.3) is 0 Å². The number of aliphatic imine (C=N–C) groups is 1. The third-order valence-corrected chi connectivity index (χ3v) is 2.95. The van der Waals surface area contributed by atoms with Crippen molar-refractivity contribution in [2.75, 3.05) is 6.61 Å². The topological polar surface area (TPSA) is 70.9 Å². The molecule has 0 saturated carbocycles. The summed E-state index contributed by atoms with van der Waals surface area (Å²) in [6.45, 7) is 2.08. The number of hydrogen-bond acceptors (Lipinski definition) is 5. The maximum Gasteiger partial charge on any atom is 0.316 e. The fourth-order valence-corrected chi connectivity index (χ4v) is 2.09. The highest BCUT2D eigenvalue weighted by Crippen LogP contribution is 2.32. The van der Waals surface area contributed by atoms with Crippen molar-refractivity contribution in [3.63, 3.8) is 0 Å². The first kappa shape index (κ1) is 12.6. The number of nitrogens with zero attached hydrogens (tertiary/aromatic N) is 1. The number of ether oxygens (including phenoxy) is 1. The number of nitrogens with one attached hydrogen (secondary N) is 1. The quantitative estimate of drug-likeness (QED) is 0.630. The summed E-state index contributed by atoms with van der Waals surface area (Å²) in [4.78, 5) is 16.1. The van der Waals surface area contributed by atoms with Gasteiger partial charge in [-0.05, 0) is 18.9 Å². The van der Waals surface area contributed by atoms with Crippen LogP contribution in [0.15, 0.2) is 35.3 Å². The number of rotatable bonds is 3. The second-order valence-corrected chi connectivity index (χ2v) is 4.09. The Labute approximate surface area is 105 Å². The number of amidine groups is 1. The minimum atomic E-state index is -0.514. The summed E-state index contributed by atoms with van der Waals surface area (Å²) in [7, 11) is 0. The highest BCUT2D eigenvalue weighted by molar-refractivity contribution is 6.01. The van der Waals surface area contributed by atoms with Gasteiger partial charge in [-0.2, -0.15) is 0 Å². The van der Waals surface area contributed by atoms with Crippen molar-refractivity contribution >= 4 is 11.8 Å². The molecule has 96 valence electrons. The van der Waals surface area contributed by atoms with E-state index in [0.29, 0.717) is 13.0 Å². The molecule has 1 aromatic carbocycles. The van der Waals surface area contributed by atoms with Gasteiger partial charge in [-0.1, -0.05) is 30.3 Å². The van der Waals surface area contributed by atoms with E-state index in [1.807, 2.05) is 35.8 Å². The van der Waals surface area contributed by atoms with Gasteiger partial charge >= 0.3 is 5.97 Å². The molecule has 18 heavy (non-hydrogen) atoms. The lowest BCUT2D eigenvalue weighted by Crippen LogP contribution is -2.31. The van der Waals surface area contributed by atoms with Crippen molar-refractivity contribution in [1.29, 1.82) is 0 Å². The van der Waals surface area contributed by atoms with Crippen LogP contribution < -0.4 is 5.48 Å². The van der Waals surface area contributed by atoms with Crippen LogP contribution in [0.5, 0.6) is 0 Å². The van der Waals surface area contributed by atoms with Gasteiger partial charge in [0.1, 0.15) is 11.8 Å². The van der Waals surface area contributed by atoms with Crippen molar-refractivity contribution in [3.8, 4) is 0 Å². The normalized spacial score (nSPS) is 22.4. The zero-order valence-electron chi connectivity index (χ0n) is 10.2. The first-order valence-corrected chi connectivity index (χ1v) is 5.95. The van der Waals surface area contributed by atoms with Crippen molar-refractivity contribution in [3.05, 3.63) is 35.9 Å². The molecule has 0 fully saturated rings. The number of hydroxylamine groups is 1. The molecular weight excluding hydrogens is 232 g/mol. The summed E-state index contributed by atoms with van der Waals surface area (Å²) in [5.74, 6) is -0.585. The molecule has 5 heteroatoms. The Morgan fingerprint density at radius 1 is 1.50 bits per heavy atom. The molecule has 0 aromatic heterocycles. The van der Waals surface area contributed by atoms with Gasteiger partial charge < -0.3 is 4.74 Å². The van der Waals surface area contributed by atoms with Gasteiger partial charge in [0.15, 0.2) is 0 Å². The molecular formula is C13H16N2O3. The van der Waals surface area contributed by atoms with Gasteiger partial charge in [0.05, 0.1) is 12.6 Å². The Morgan fingerprint density at radius 3 is 2.83 bits per heavy atom. The number of carbonyl (C=O) groups excluding carboxylic acids is 1. The van der Waals surface area contributed by atoms with E-state index in [2.05, 4.69) is 4.99 Å². The largest absolute Gasteiger partial charge is 0.465 e. The summed E-state index contributed by atoms with van der Waals surface area (Å²) in [5, 5.41) is 9.03. The summed E-state index contributed by atoms with van der Waals surface area (Å²) in [6, 6.07) is 9.57. The van der Waals surface area contributed by atoms with E-state index in [9.17, 15) is 4.79 Å². The lowest BCUT2D eigenvalue weighted by atomic mass is 9.98. The second-order valence-electron chi connectivity index (χ2n) is 4.09. The van der Waals surface area contributed by atoms with E-state index >= 15 is 0 Å². The number of benzene rings is 1. The summed E-state index contributed by atoms with van der Waals surface area (Å²) >= 11 is 0. The molecule has 0 saturated heterocycles. The van der Waals surface area contributed by atoms with Gasteiger partial charge in [0.2, 0.25) is 0 Å².